The van der Waals surface area contributed by atoms with Crippen molar-refractivity contribution in [2.75, 3.05) is 13.2 Å². The zero-order chi connectivity index (χ0) is 37.7. The largest absolute Gasteiger partial charge is 0.469 e. The van der Waals surface area contributed by atoms with Gasteiger partial charge in [-0.15, -0.1) is 0 Å². The van der Waals surface area contributed by atoms with Crippen molar-refractivity contribution >= 4 is 19.8 Å². The van der Waals surface area contributed by atoms with Gasteiger partial charge in [0.25, 0.3) is 0 Å². The number of rotatable bonds is 33. The van der Waals surface area contributed by atoms with Crippen molar-refractivity contribution < 1.29 is 43.0 Å². The molecule has 1 unspecified atom stereocenters. The first kappa shape index (κ1) is 48.2. The highest BCUT2D eigenvalue weighted by Crippen LogP contribution is 2.35. The summed E-state index contributed by atoms with van der Waals surface area (Å²) < 4.78 is 26.2. The lowest BCUT2D eigenvalue weighted by Gasteiger charge is -2.18. The molecule has 0 aromatic heterocycles. The van der Waals surface area contributed by atoms with Crippen LogP contribution >= 0.6 is 7.82 Å². The summed E-state index contributed by atoms with van der Waals surface area (Å²) in [7, 11) is -4.78. The third-order valence-electron chi connectivity index (χ3n) is 7.49. The van der Waals surface area contributed by atoms with E-state index in [1.54, 1.807) is 6.08 Å². The molecule has 0 aromatic carbocycles. The lowest BCUT2D eigenvalue weighted by molar-refractivity contribution is -0.161. The maximum atomic E-state index is 12.3. The molecule has 0 amide bonds. The van der Waals surface area contributed by atoms with Crippen LogP contribution in [0.1, 0.15) is 136 Å². The predicted molar refractivity (Wildman–Crippen MR) is 208 cm³/mol. The Morgan fingerprint density at radius 2 is 1.22 bits per heavy atom. The van der Waals surface area contributed by atoms with Crippen LogP contribution in [0.3, 0.4) is 0 Å². The number of carbonyl (C=O) groups excluding carboxylic acids is 2. The molecule has 0 heterocycles. The summed E-state index contributed by atoms with van der Waals surface area (Å²) in [5.74, 6) is -1.02. The smallest absolute Gasteiger partial charge is 0.462 e. The Morgan fingerprint density at radius 1 is 0.627 bits per heavy atom. The summed E-state index contributed by atoms with van der Waals surface area (Å²) in [5.41, 5.74) is 0. The fraction of sp³-hybridized carbons (Fsp3) is 0.610. The second-order valence-corrected chi connectivity index (χ2v) is 13.6. The molecule has 0 aliphatic carbocycles. The Labute approximate surface area is 308 Å². The minimum atomic E-state index is -4.78. The van der Waals surface area contributed by atoms with Crippen molar-refractivity contribution in [3.63, 3.8) is 0 Å². The third-order valence-corrected chi connectivity index (χ3v) is 7.98. The van der Waals surface area contributed by atoms with Gasteiger partial charge in [-0.05, 0) is 70.6 Å². The lowest BCUT2D eigenvalue weighted by Crippen LogP contribution is -2.29. The van der Waals surface area contributed by atoms with Gasteiger partial charge in [0.2, 0.25) is 0 Å². The average molecular weight is 735 g/mol. The number of unbranched alkanes of at least 4 members (excludes halogenated alkanes) is 9. The maximum absolute atomic E-state index is 12.3. The summed E-state index contributed by atoms with van der Waals surface area (Å²) in [6.45, 7) is 3.36. The highest BCUT2D eigenvalue weighted by Gasteiger charge is 2.22. The van der Waals surface area contributed by atoms with Crippen LogP contribution in [0.15, 0.2) is 85.1 Å². The summed E-state index contributed by atoms with van der Waals surface area (Å²) in [4.78, 5) is 42.7. The standard InChI is InChI=1S/C41H67O9P/c1-3-5-7-8-9-10-11-13-18-21-24-27-31-35-41(44)50-39(37-49-51(45,46)47)36-48-40(43)34-30-26-23-20-17-15-12-14-16-19-22-25-29-33-38(42)32-28-6-4-2/h6,10-11,14-17,22-23,25-26,28-29,33,38-39,42H,3-5,7-9,12-13,18-21,24,27,30-32,34-37H2,1-2H3,(H2,45,46,47)/b11-10-,16-14-,17-15-,25-22+,26-23-,28-6-,33-29+/t38?,39-/m1/s1. The van der Waals surface area contributed by atoms with Crippen LogP contribution in [0.5, 0.6) is 0 Å². The highest BCUT2D eigenvalue weighted by atomic mass is 31.2. The maximum Gasteiger partial charge on any atom is 0.469 e. The lowest BCUT2D eigenvalue weighted by atomic mass is 10.1. The van der Waals surface area contributed by atoms with E-state index in [1.165, 1.54) is 25.7 Å². The molecule has 0 saturated carbocycles. The Kier molecular flexibility index (Phi) is 33.6. The Hall–Kier alpha value is -2.81. The number of phosphoric ester groups is 1. The highest BCUT2D eigenvalue weighted by molar-refractivity contribution is 7.46. The van der Waals surface area contributed by atoms with Gasteiger partial charge in [0.1, 0.15) is 6.61 Å². The molecule has 0 rings (SSSR count). The zero-order valence-corrected chi connectivity index (χ0v) is 32.2. The Balaban J connectivity index is 4.17. The molecule has 0 spiro atoms. The quantitative estimate of drug-likeness (QED) is 0.0198. The first-order chi connectivity index (χ1) is 24.7. The number of esters is 2. The van der Waals surface area contributed by atoms with Gasteiger partial charge in [-0.1, -0.05) is 137 Å². The van der Waals surface area contributed by atoms with Crippen molar-refractivity contribution in [1.82, 2.24) is 0 Å². The van der Waals surface area contributed by atoms with Gasteiger partial charge >= 0.3 is 19.8 Å². The molecule has 0 aromatic rings. The number of aliphatic hydroxyl groups is 1. The molecule has 9 nitrogen and oxygen atoms in total. The molecule has 0 aliphatic heterocycles. The van der Waals surface area contributed by atoms with Crippen molar-refractivity contribution in [3.05, 3.63) is 85.1 Å². The van der Waals surface area contributed by atoms with Gasteiger partial charge in [0.15, 0.2) is 6.10 Å². The van der Waals surface area contributed by atoms with E-state index in [1.807, 2.05) is 48.6 Å². The van der Waals surface area contributed by atoms with E-state index in [4.69, 9.17) is 19.3 Å². The number of phosphoric acid groups is 1. The van der Waals surface area contributed by atoms with Gasteiger partial charge in [-0.25, -0.2) is 4.57 Å². The summed E-state index contributed by atoms with van der Waals surface area (Å²) >= 11 is 0. The van der Waals surface area contributed by atoms with Crippen LogP contribution in [0.25, 0.3) is 0 Å². The molecule has 0 aliphatic rings. The van der Waals surface area contributed by atoms with Crippen LogP contribution in [0, 0.1) is 0 Å². The molecule has 10 heteroatoms. The van der Waals surface area contributed by atoms with Crippen LogP contribution < -0.4 is 0 Å². The van der Waals surface area contributed by atoms with Gasteiger partial charge in [-0.2, -0.15) is 0 Å². The molecule has 51 heavy (non-hydrogen) atoms. The minimum Gasteiger partial charge on any atom is -0.462 e. The van der Waals surface area contributed by atoms with E-state index in [0.29, 0.717) is 19.3 Å². The number of carbonyl (C=O) groups is 2. The van der Waals surface area contributed by atoms with Crippen LogP contribution in [0.2, 0.25) is 0 Å². The predicted octanol–water partition coefficient (Wildman–Crippen LogP) is 10.3. The number of aliphatic hydroxyl groups excluding tert-OH is 1. The van der Waals surface area contributed by atoms with Gasteiger partial charge < -0.3 is 24.4 Å². The van der Waals surface area contributed by atoms with E-state index >= 15 is 0 Å². The Bertz CT molecular complexity index is 1110. The van der Waals surface area contributed by atoms with Gasteiger partial charge in [-0.3, -0.25) is 14.1 Å². The minimum absolute atomic E-state index is 0.120. The Morgan fingerprint density at radius 3 is 1.86 bits per heavy atom. The molecule has 0 bridgehead atoms. The number of hydrogen-bond acceptors (Lipinski definition) is 7. The van der Waals surface area contributed by atoms with E-state index in [9.17, 15) is 19.3 Å². The number of allylic oxidation sites excluding steroid dienone is 12. The van der Waals surface area contributed by atoms with E-state index in [0.717, 1.165) is 64.2 Å². The van der Waals surface area contributed by atoms with Crippen molar-refractivity contribution in [2.45, 2.75) is 148 Å². The third kappa shape index (κ3) is 38.3. The normalized spacial score (nSPS) is 14.1. The molecule has 3 N–H and O–H groups in total. The molecule has 0 fully saturated rings. The van der Waals surface area contributed by atoms with Crippen LogP contribution in [-0.4, -0.2) is 52.3 Å². The molecule has 0 saturated heterocycles. The fourth-order valence-corrected chi connectivity index (χ4v) is 5.01. The van der Waals surface area contributed by atoms with E-state index in [-0.39, 0.29) is 19.4 Å². The average Bonchev–Trinajstić information content (AvgIpc) is 3.09. The zero-order valence-electron chi connectivity index (χ0n) is 31.3. The summed E-state index contributed by atoms with van der Waals surface area (Å²) in [6.07, 6.45) is 43.6. The number of hydrogen-bond donors (Lipinski definition) is 3. The topological polar surface area (TPSA) is 140 Å². The fourth-order valence-electron chi connectivity index (χ4n) is 4.65. The molecule has 0 radical (unpaired) electrons. The molecule has 2 atom stereocenters. The van der Waals surface area contributed by atoms with E-state index in [2.05, 4.69) is 48.8 Å². The van der Waals surface area contributed by atoms with Crippen molar-refractivity contribution in [2.24, 2.45) is 0 Å². The second kappa shape index (κ2) is 35.6. The first-order valence-electron chi connectivity index (χ1n) is 19.0. The number of ether oxygens (including phenoxy) is 2. The van der Waals surface area contributed by atoms with Crippen LogP contribution in [-0.2, 0) is 28.2 Å². The van der Waals surface area contributed by atoms with Crippen molar-refractivity contribution in [1.29, 1.82) is 0 Å². The summed E-state index contributed by atoms with van der Waals surface area (Å²) in [5, 5.41) is 9.80. The molecule has 290 valence electrons. The van der Waals surface area contributed by atoms with Gasteiger partial charge in [0, 0.05) is 12.8 Å². The first-order valence-corrected chi connectivity index (χ1v) is 20.5. The monoisotopic (exact) mass is 734 g/mol. The summed E-state index contributed by atoms with van der Waals surface area (Å²) in [6, 6.07) is 0. The van der Waals surface area contributed by atoms with Crippen LogP contribution in [0.4, 0.5) is 0 Å². The molecular formula is C41H67O9P. The molecular weight excluding hydrogens is 667 g/mol. The van der Waals surface area contributed by atoms with Gasteiger partial charge in [0.05, 0.1) is 12.7 Å². The van der Waals surface area contributed by atoms with E-state index < -0.39 is 38.6 Å². The van der Waals surface area contributed by atoms with Crippen molar-refractivity contribution in [3.8, 4) is 0 Å². The second-order valence-electron chi connectivity index (χ2n) is 12.4. The SMILES string of the molecule is CC/C=C\CC(O)/C=C/C=C/C/C=C\C/C=C\C/C=C\CCC(=O)OC[C@H](COP(=O)(O)O)OC(=O)CCCCCCC/C=C\CCCCCC.